The standard InChI is InChI=1S/3C32H34BrNO6/c3*1-20-16-22(17-21(2)29(20)40-32(3,4)30(36)37)10-11-24-18-34(31(38)39-26-8-6-5-7-9-26)19-27(24)28(35)23-12-14-25(33)15-13-23/h3*5-9,12-17,24,27H,10-11,18-19H2,1-4H3,(H,36,37)/t3*24-,27-/m100/s1. The van der Waals surface area contributed by atoms with E-state index in [0.29, 0.717) is 129 Å². The van der Waals surface area contributed by atoms with Crippen molar-refractivity contribution in [2.75, 3.05) is 39.3 Å². The summed E-state index contributed by atoms with van der Waals surface area (Å²) in [6.45, 7) is 22.7. The number of nitrogens with zero attached hydrogens (tertiary/aromatic N) is 3. The monoisotopic (exact) mass is 1820 g/mol. The highest BCUT2D eigenvalue weighted by Gasteiger charge is 2.44. The molecule has 630 valence electrons. The molecule has 0 radical (unpaired) electrons. The lowest BCUT2D eigenvalue weighted by atomic mass is 9.84. The summed E-state index contributed by atoms with van der Waals surface area (Å²) < 4.78 is 36.9. The zero-order valence-corrected chi connectivity index (χ0v) is 74.2. The summed E-state index contributed by atoms with van der Waals surface area (Å²) in [5, 5.41) is 28.4. The number of halogens is 3. The van der Waals surface area contributed by atoms with Crippen LogP contribution in [-0.4, -0.2) is 140 Å². The van der Waals surface area contributed by atoms with Crippen molar-refractivity contribution >= 4 is 101 Å². The van der Waals surface area contributed by atoms with Gasteiger partial charge < -0.3 is 58.4 Å². The number of para-hydroxylation sites is 3. The van der Waals surface area contributed by atoms with Crippen LogP contribution in [0.3, 0.4) is 0 Å². The van der Waals surface area contributed by atoms with Gasteiger partial charge in [-0.15, -0.1) is 0 Å². The lowest BCUT2D eigenvalue weighted by Gasteiger charge is -2.25. The molecule has 3 N–H and O–H groups in total. The molecule has 21 nitrogen and oxygen atoms in total. The van der Waals surface area contributed by atoms with Gasteiger partial charge in [0.25, 0.3) is 0 Å². The van der Waals surface area contributed by atoms with Crippen molar-refractivity contribution in [1.29, 1.82) is 0 Å². The largest absolute Gasteiger partial charge is 0.478 e. The molecule has 12 rings (SSSR count). The van der Waals surface area contributed by atoms with E-state index in [1.54, 1.807) is 124 Å². The zero-order valence-electron chi connectivity index (χ0n) is 69.4. The highest BCUT2D eigenvalue weighted by Crippen LogP contribution is 2.39. The smallest absolute Gasteiger partial charge is 0.415 e. The third-order valence-corrected chi connectivity index (χ3v) is 23.5. The molecule has 0 aromatic heterocycles. The summed E-state index contributed by atoms with van der Waals surface area (Å²) >= 11 is 10.3. The number of carboxylic acids is 3. The van der Waals surface area contributed by atoms with Gasteiger partial charge in [0.05, 0.1) is 0 Å². The molecular formula is C96H102Br3N3O18. The third-order valence-electron chi connectivity index (χ3n) is 21.9. The Labute approximate surface area is 726 Å². The van der Waals surface area contributed by atoms with E-state index in [0.717, 1.165) is 63.5 Å². The normalized spacial score (nSPS) is 17.0. The maximum atomic E-state index is 13.6. The van der Waals surface area contributed by atoms with Crippen LogP contribution in [-0.2, 0) is 33.6 Å². The Kier molecular flexibility index (Phi) is 30.8. The van der Waals surface area contributed by atoms with E-state index in [1.165, 1.54) is 41.5 Å². The zero-order chi connectivity index (χ0) is 87.1. The van der Waals surface area contributed by atoms with Gasteiger partial charge in [-0.1, -0.05) is 175 Å². The highest BCUT2D eigenvalue weighted by atomic mass is 79.9. The number of Topliss-reactive ketones (excluding diaryl/α,β-unsaturated/α-hetero) is 3. The molecule has 24 heteroatoms. The lowest BCUT2D eigenvalue weighted by Crippen LogP contribution is -2.38. The van der Waals surface area contributed by atoms with Crippen LogP contribution < -0.4 is 28.4 Å². The molecule has 3 aliphatic heterocycles. The van der Waals surface area contributed by atoms with Crippen molar-refractivity contribution in [2.24, 2.45) is 35.5 Å². The van der Waals surface area contributed by atoms with Gasteiger partial charge in [0.15, 0.2) is 34.2 Å². The maximum Gasteiger partial charge on any atom is 0.415 e. The number of carbonyl (C=O) groups excluding carboxylic acids is 6. The second kappa shape index (κ2) is 40.4. The van der Waals surface area contributed by atoms with Crippen LogP contribution in [0.15, 0.2) is 214 Å². The van der Waals surface area contributed by atoms with Crippen LogP contribution in [0, 0.1) is 77.0 Å². The van der Waals surface area contributed by atoms with E-state index in [2.05, 4.69) is 47.8 Å². The molecule has 0 bridgehead atoms. The summed E-state index contributed by atoms with van der Waals surface area (Å²) in [6.07, 6.45) is 2.79. The second-order valence-corrected chi connectivity index (χ2v) is 35.3. The topological polar surface area (TPSA) is 279 Å². The van der Waals surface area contributed by atoms with Crippen molar-refractivity contribution < 1.29 is 86.9 Å². The number of ether oxygens (including phenoxy) is 6. The maximum absolute atomic E-state index is 13.6. The van der Waals surface area contributed by atoms with Crippen LogP contribution in [0.1, 0.15) is 142 Å². The van der Waals surface area contributed by atoms with Crippen molar-refractivity contribution in [3.05, 3.63) is 280 Å². The Morgan fingerprint density at radius 3 is 0.733 bits per heavy atom. The summed E-state index contributed by atoms with van der Waals surface area (Å²) in [7, 11) is 0. The number of aliphatic carboxylic acids is 3. The summed E-state index contributed by atoms with van der Waals surface area (Å²) in [5.74, 6) is -1.20. The van der Waals surface area contributed by atoms with Crippen molar-refractivity contribution in [1.82, 2.24) is 14.7 Å². The van der Waals surface area contributed by atoms with E-state index in [9.17, 15) is 58.5 Å². The molecule has 0 unspecified atom stereocenters. The highest BCUT2D eigenvalue weighted by molar-refractivity contribution is 9.11. The quantitative estimate of drug-likeness (QED) is 0.0403. The molecule has 3 saturated heterocycles. The minimum absolute atomic E-state index is 0.0134. The Morgan fingerprint density at radius 2 is 0.533 bits per heavy atom. The molecule has 9 aromatic rings. The van der Waals surface area contributed by atoms with Crippen molar-refractivity contribution in [3.8, 4) is 34.5 Å². The van der Waals surface area contributed by atoms with Crippen LogP contribution in [0.25, 0.3) is 0 Å². The Bertz CT molecular complexity index is 4600. The number of benzene rings is 9. The second-order valence-electron chi connectivity index (χ2n) is 32.5. The molecule has 3 amide bonds. The minimum Gasteiger partial charge on any atom is -0.478 e. The molecular weight excluding hydrogens is 1720 g/mol. The average molecular weight is 1830 g/mol. The van der Waals surface area contributed by atoms with Crippen LogP contribution in [0.2, 0.25) is 0 Å². The summed E-state index contributed by atoms with van der Waals surface area (Å²) in [6, 6.07) is 60.7. The third kappa shape index (κ3) is 24.2. The number of carbonyl (C=O) groups is 9. The average Bonchev–Trinajstić information content (AvgIpc) is 1.76. The fourth-order valence-electron chi connectivity index (χ4n) is 15.3. The first kappa shape index (κ1) is 91.4. The number of hydrogen-bond donors (Lipinski definition) is 3. The predicted octanol–water partition coefficient (Wildman–Crippen LogP) is 20.6. The van der Waals surface area contributed by atoms with Gasteiger partial charge in [-0.05, 0) is 262 Å². The minimum atomic E-state index is -1.35. The molecule has 0 aliphatic carbocycles. The predicted molar refractivity (Wildman–Crippen MR) is 468 cm³/mol. The van der Waals surface area contributed by atoms with Crippen molar-refractivity contribution in [2.45, 2.75) is 138 Å². The van der Waals surface area contributed by atoms with Gasteiger partial charge in [-0.25, -0.2) is 28.8 Å². The summed E-state index contributed by atoms with van der Waals surface area (Å²) in [5.41, 5.74) is 6.12. The van der Waals surface area contributed by atoms with Gasteiger partial charge in [0, 0.05) is 87.1 Å². The van der Waals surface area contributed by atoms with Gasteiger partial charge in [-0.3, -0.25) is 14.4 Å². The van der Waals surface area contributed by atoms with E-state index < -0.39 is 53.0 Å². The molecule has 3 heterocycles. The van der Waals surface area contributed by atoms with Crippen LogP contribution in [0.4, 0.5) is 14.4 Å². The number of rotatable bonds is 27. The number of carboxylic acid groups (broad SMARTS) is 3. The van der Waals surface area contributed by atoms with Gasteiger partial charge in [0.1, 0.15) is 34.5 Å². The fourth-order valence-corrected chi connectivity index (χ4v) is 16.1. The number of likely N-dealkylation sites (tertiary alicyclic amines) is 3. The van der Waals surface area contributed by atoms with Crippen LogP contribution in [0.5, 0.6) is 34.5 Å². The molecule has 3 fully saturated rings. The number of hydrogen-bond acceptors (Lipinski definition) is 15. The van der Waals surface area contributed by atoms with E-state index in [4.69, 9.17) is 28.4 Å². The molecule has 9 aromatic carbocycles. The van der Waals surface area contributed by atoms with Gasteiger partial charge >= 0.3 is 36.2 Å². The molecule has 0 saturated carbocycles. The van der Waals surface area contributed by atoms with E-state index in [1.807, 2.05) is 133 Å². The molecule has 0 spiro atoms. The van der Waals surface area contributed by atoms with Gasteiger partial charge in [-0.2, -0.15) is 0 Å². The first-order chi connectivity index (χ1) is 56.8. The first-order valence-electron chi connectivity index (χ1n) is 39.9. The fraction of sp³-hybridized carbons (Fsp3) is 0.344. The summed E-state index contributed by atoms with van der Waals surface area (Å²) in [4.78, 5) is 119. The Morgan fingerprint density at radius 1 is 0.325 bits per heavy atom. The number of aryl methyl sites for hydroxylation is 9. The Balaban J connectivity index is 0.000000189. The van der Waals surface area contributed by atoms with Crippen LogP contribution >= 0.6 is 47.8 Å². The SMILES string of the molecule is Cc1cc(CC[C@@H]2CN(C(=O)Oc3ccccc3)C[C@H]2C(=O)c2ccc(Br)cc2)cc(C)c1OC(C)(C)C(=O)O.Cc1cc(CC[C@H]2CN(C(=O)Oc3ccccc3)C[C@@H]2C(=O)c2ccc(Br)cc2)cc(C)c1OC(C)(C)C(=O)O.Cc1cc(CC[C@H]2CN(C(=O)Oc3ccccc3)C[C@@H]2C(=O)c2ccc(Br)cc2)cc(C)c1OC(C)(C)C(=O)O. The molecule has 6 atom stereocenters. The Hall–Kier alpha value is -11.0. The lowest BCUT2D eigenvalue weighted by molar-refractivity contribution is -0.152. The van der Waals surface area contributed by atoms with E-state index in [-0.39, 0.29) is 52.9 Å². The molecule has 120 heavy (non-hydrogen) atoms. The molecule has 3 aliphatic rings. The first-order valence-corrected chi connectivity index (χ1v) is 42.2. The van der Waals surface area contributed by atoms with E-state index >= 15 is 0 Å². The van der Waals surface area contributed by atoms with Gasteiger partial charge in [0.2, 0.25) is 0 Å². The van der Waals surface area contributed by atoms with Crippen molar-refractivity contribution in [3.63, 3.8) is 0 Å². The number of amides is 3. The number of ketones is 3.